The van der Waals surface area contributed by atoms with Crippen LogP contribution in [0.3, 0.4) is 0 Å². The number of ether oxygens (including phenoxy) is 2. The van der Waals surface area contributed by atoms with Gasteiger partial charge in [-0.25, -0.2) is 0 Å². The first-order chi connectivity index (χ1) is 17.9. The summed E-state index contributed by atoms with van der Waals surface area (Å²) >= 11 is 0. The Morgan fingerprint density at radius 3 is 2.49 bits per heavy atom. The molecule has 9 nitrogen and oxygen atoms in total. The van der Waals surface area contributed by atoms with Crippen LogP contribution in [-0.2, 0) is 14.3 Å². The molecule has 37 heavy (non-hydrogen) atoms. The van der Waals surface area contributed by atoms with E-state index in [1.807, 2.05) is 4.90 Å². The number of carbonyl (C=O) groups excluding carboxylic acids is 3. The van der Waals surface area contributed by atoms with Gasteiger partial charge in [0, 0.05) is 31.9 Å². The van der Waals surface area contributed by atoms with Gasteiger partial charge in [-0.05, 0) is 44.2 Å². The zero-order valence-corrected chi connectivity index (χ0v) is 22.3. The molecule has 0 saturated heterocycles. The van der Waals surface area contributed by atoms with Crippen LogP contribution >= 0.6 is 0 Å². The smallest absolute Gasteiger partial charge is 0.304 e. The Kier molecular flexibility index (Phi) is 13.7. The molecule has 1 aromatic rings. The predicted octanol–water partition coefficient (Wildman–Crippen LogP) is 6.37. The van der Waals surface area contributed by atoms with Gasteiger partial charge in [-0.3, -0.25) is 24.5 Å². The summed E-state index contributed by atoms with van der Waals surface area (Å²) in [6, 6.07) is 4.28. The molecule has 2 rings (SSSR count). The van der Waals surface area contributed by atoms with Gasteiger partial charge < -0.3 is 14.4 Å². The SMILES string of the molecule is CCCCCC(OC(C)=O)N(C(=O)CCCCCCOc1ccc([N+](=O)[O-])c(C=O)c1)C1CCCCC1. The monoisotopic (exact) mass is 518 g/mol. The Morgan fingerprint density at radius 2 is 1.84 bits per heavy atom. The minimum Gasteiger partial charge on any atom is -0.494 e. The van der Waals surface area contributed by atoms with Gasteiger partial charge in [0.25, 0.3) is 5.69 Å². The fraction of sp³-hybridized carbons (Fsp3) is 0.679. The molecule has 0 spiro atoms. The first kappa shape index (κ1) is 30.3. The van der Waals surface area contributed by atoms with Crippen molar-refractivity contribution in [1.29, 1.82) is 0 Å². The van der Waals surface area contributed by atoms with Crippen molar-refractivity contribution < 1.29 is 28.8 Å². The Morgan fingerprint density at radius 1 is 1.11 bits per heavy atom. The molecule has 1 fully saturated rings. The van der Waals surface area contributed by atoms with Crippen LogP contribution in [0.2, 0.25) is 0 Å². The maximum Gasteiger partial charge on any atom is 0.304 e. The van der Waals surface area contributed by atoms with Crippen molar-refractivity contribution in [2.75, 3.05) is 6.61 Å². The fourth-order valence-corrected chi connectivity index (χ4v) is 4.91. The lowest BCUT2D eigenvalue weighted by atomic mass is 9.93. The summed E-state index contributed by atoms with van der Waals surface area (Å²) < 4.78 is 11.3. The molecule has 1 aliphatic rings. The van der Waals surface area contributed by atoms with Gasteiger partial charge in [-0.15, -0.1) is 0 Å². The van der Waals surface area contributed by atoms with E-state index in [1.165, 1.54) is 31.5 Å². The Labute approximate surface area is 220 Å². The van der Waals surface area contributed by atoms with E-state index in [1.54, 1.807) is 0 Å². The molecule has 206 valence electrons. The maximum absolute atomic E-state index is 13.3. The summed E-state index contributed by atoms with van der Waals surface area (Å²) in [5, 5.41) is 10.9. The second-order valence-electron chi connectivity index (χ2n) is 9.76. The number of esters is 1. The average Bonchev–Trinajstić information content (AvgIpc) is 2.88. The minimum absolute atomic E-state index is 0.00900. The number of nitrogens with zero attached hydrogens (tertiary/aromatic N) is 2. The predicted molar refractivity (Wildman–Crippen MR) is 140 cm³/mol. The summed E-state index contributed by atoms with van der Waals surface area (Å²) in [6.07, 6.45) is 12.7. The van der Waals surface area contributed by atoms with Crippen LogP contribution in [0.4, 0.5) is 5.69 Å². The summed E-state index contributed by atoms with van der Waals surface area (Å²) in [6.45, 7) is 3.96. The molecule has 1 aromatic carbocycles. The number of hydrogen-bond acceptors (Lipinski definition) is 7. The summed E-state index contributed by atoms with van der Waals surface area (Å²) in [4.78, 5) is 48.5. The number of nitro groups is 1. The maximum atomic E-state index is 13.3. The second-order valence-corrected chi connectivity index (χ2v) is 9.76. The number of benzene rings is 1. The molecule has 1 unspecified atom stereocenters. The van der Waals surface area contributed by atoms with Crippen molar-refractivity contribution in [2.45, 2.75) is 116 Å². The van der Waals surface area contributed by atoms with Crippen LogP contribution in [0.5, 0.6) is 5.75 Å². The van der Waals surface area contributed by atoms with Crippen LogP contribution < -0.4 is 4.74 Å². The van der Waals surface area contributed by atoms with E-state index < -0.39 is 11.2 Å². The van der Waals surface area contributed by atoms with Gasteiger partial charge >= 0.3 is 5.97 Å². The van der Waals surface area contributed by atoms with E-state index in [4.69, 9.17) is 9.47 Å². The van der Waals surface area contributed by atoms with Crippen molar-refractivity contribution in [3.63, 3.8) is 0 Å². The second kappa shape index (κ2) is 16.7. The van der Waals surface area contributed by atoms with Gasteiger partial charge in [-0.2, -0.15) is 0 Å². The van der Waals surface area contributed by atoms with Gasteiger partial charge in [0.15, 0.2) is 12.5 Å². The normalized spacial score (nSPS) is 14.5. The van der Waals surface area contributed by atoms with E-state index in [2.05, 4.69) is 6.92 Å². The third-order valence-corrected chi connectivity index (χ3v) is 6.80. The molecule has 0 radical (unpaired) electrons. The molecule has 0 bridgehead atoms. The minimum atomic E-state index is -0.593. The van der Waals surface area contributed by atoms with Crippen molar-refractivity contribution in [3.05, 3.63) is 33.9 Å². The number of nitro benzene ring substituents is 1. The lowest BCUT2D eigenvalue weighted by Gasteiger charge is -2.39. The lowest BCUT2D eigenvalue weighted by molar-refractivity contribution is -0.385. The van der Waals surface area contributed by atoms with Crippen LogP contribution in [0.1, 0.15) is 114 Å². The molecule has 0 aliphatic heterocycles. The van der Waals surface area contributed by atoms with Crippen molar-refractivity contribution >= 4 is 23.9 Å². The Balaban J connectivity index is 1.82. The van der Waals surface area contributed by atoms with Crippen LogP contribution in [0.15, 0.2) is 18.2 Å². The first-order valence-electron chi connectivity index (χ1n) is 13.7. The standard InChI is InChI=1S/C28H42N2O7/c1-3-4-8-16-28(37-22(2)32)29(24-13-9-7-10-14-24)27(33)15-11-5-6-12-19-36-25-17-18-26(30(34)35)23(20-25)21-31/h17-18,20-21,24,28H,3-16,19H2,1-2H3. The molecule has 1 amide bonds. The zero-order chi connectivity index (χ0) is 27.0. The molecule has 1 atom stereocenters. The third kappa shape index (κ3) is 10.5. The van der Waals surface area contributed by atoms with E-state index in [0.29, 0.717) is 31.5 Å². The topological polar surface area (TPSA) is 116 Å². The number of carbonyl (C=O) groups is 3. The molecule has 9 heteroatoms. The average molecular weight is 519 g/mol. The third-order valence-electron chi connectivity index (χ3n) is 6.80. The van der Waals surface area contributed by atoms with Gasteiger partial charge in [0.2, 0.25) is 5.91 Å². The Hall–Kier alpha value is -2.97. The van der Waals surface area contributed by atoms with E-state index in [0.717, 1.165) is 70.6 Å². The molecular weight excluding hydrogens is 476 g/mol. The quantitative estimate of drug-likeness (QED) is 0.0587. The van der Waals surface area contributed by atoms with Crippen LogP contribution in [0, 0.1) is 10.1 Å². The number of unbranched alkanes of at least 4 members (excludes halogenated alkanes) is 5. The highest BCUT2D eigenvalue weighted by Crippen LogP contribution is 2.28. The molecule has 0 N–H and O–H groups in total. The largest absolute Gasteiger partial charge is 0.494 e. The van der Waals surface area contributed by atoms with E-state index in [9.17, 15) is 24.5 Å². The first-order valence-corrected chi connectivity index (χ1v) is 13.7. The molecule has 1 saturated carbocycles. The zero-order valence-electron chi connectivity index (χ0n) is 22.3. The van der Waals surface area contributed by atoms with Gasteiger partial charge in [0.05, 0.1) is 17.1 Å². The van der Waals surface area contributed by atoms with Gasteiger partial charge in [-0.1, -0.05) is 51.9 Å². The van der Waals surface area contributed by atoms with E-state index in [-0.39, 0.29) is 29.2 Å². The van der Waals surface area contributed by atoms with Crippen LogP contribution in [-0.4, -0.2) is 46.9 Å². The highest BCUT2D eigenvalue weighted by Gasteiger charge is 2.32. The van der Waals surface area contributed by atoms with Crippen molar-refractivity contribution in [3.8, 4) is 5.75 Å². The van der Waals surface area contributed by atoms with Gasteiger partial charge in [0.1, 0.15) is 5.75 Å². The van der Waals surface area contributed by atoms with Crippen molar-refractivity contribution in [1.82, 2.24) is 4.90 Å². The molecule has 1 aliphatic carbocycles. The lowest BCUT2D eigenvalue weighted by Crippen LogP contribution is -2.49. The molecule has 0 aromatic heterocycles. The Bertz CT molecular complexity index is 883. The highest BCUT2D eigenvalue weighted by molar-refractivity contribution is 5.82. The summed E-state index contributed by atoms with van der Waals surface area (Å²) in [7, 11) is 0. The summed E-state index contributed by atoms with van der Waals surface area (Å²) in [5.41, 5.74) is -0.249. The number of rotatable bonds is 17. The molecular formula is C28H42N2O7. The van der Waals surface area contributed by atoms with E-state index >= 15 is 0 Å². The number of aldehydes is 1. The summed E-state index contributed by atoms with van der Waals surface area (Å²) in [5.74, 6) is 0.146. The number of hydrogen-bond donors (Lipinski definition) is 0. The van der Waals surface area contributed by atoms with Crippen LogP contribution in [0.25, 0.3) is 0 Å². The van der Waals surface area contributed by atoms with Crippen molar-refractivity contribution in [2.24, 2.45) is 0 Å². The molecule has 0 heterocycles. The fourth-order valence-electron chi connectivity index (χ4n) is 4.91. The number of amides is 1. The highest BCUT2D eigenvalue weighted by atomic mass is 16.6.